The van der Waals surface area contributed by atoms with E-state index < -0.39 is 22.1 Å². The number of hydrogen-bond acceptors (Lipinski definition) is 5. The summed E-state index contributed by atoms with van der Waals surface area (Å²) >= 11 is 0. The summed E-state index contributed by atoms with van der Waals surface area (Å²) in [4.78, 5) is 10.8. The molecule has 0 aromatic carbocycles. The van der Waals surface area contributed by atoms with E-state index in [2.05, 4.69) is 14.6 Å². The van der Waals surface area contributed by atoms with Crippen LogP contribution in [0.25, 0.3) is 0 Å². The molecule has 0 spiro atoms. The average Bonchev–Trinajstić information content (AvgIpc) is 2.53. The monoisotopic (exact) mass is 291 g/mol. The van der Waals surface area contributed by atoms with Crippen molar-refractivity contribution in [2.45, 2.75) is 24.8 Å². The standard InChI is InChI=1S/C10H17N3O5S/c1-6-9(7(2)13(3)12-6)19(16,17)11-5-8(18-4)10(14)15/h8,11H,5H2,1-4H3,(H,14,15). The number of ether oxygens (including phenoxy) is 1. The SMILES string of the molecule is COC(CNS(=O)(=O)c1c(C)nn(C)c1C)C(=O)O. The van der Waals surface area contributed by atoms with Crippen molar-refractivity contribution < 1.29 is 23.1 Å². The van der Waals surface area contributed by atoms with Crippen LogP contribution < -0.4 is 4.72 Å². The Hall–Kier alpha value is -1.45. The molecular weight excluding hydrogens is 274 g/mol. The summed E-state index contributed by atoms with van der Waals surface area (Å²) in [5.41, 5.74) is 0.839. The van der Waals surface area contributed by atoms with Crippen LogP contribution in [0.15, 0.2) is 4.90 Å². The third kappa shape index (κ3) is 3.31. The Balaban J connectivity index is 2.96. The van der Waals surface area contributed by atoms with Crippen molar-refractivity contribution in [3.63, 3.8) is 0 Å². The van der Waals surface area contributed by atoms with Gasteiger partial charge in [-0.2, -0.15) is 5.10 Å². The van der Waals surface area contributed by atoms with Gasteiger partial charge in [0.15, 0.2) is 6.10 Å². The second-order valence-electron chi connectivity index (χ2n) is 4.04. The normalized spacial score (nSPS) is 13.5. The molecule has 19 heavy (non-hydrogen) atoms. The number of aliphatic carboxylic acids is 1. The highest BCUT2D eigenvalue weighted by Crippen LogP contribution is 2.18. The maximum Gasteiger partial charge on any atom is 0.334 e. The van der Waals surface area contributed by atoms with Gasteiger partial charge in [-0.1, -0.05) is 0 Å². The summed E-state index contributed by atoms with van der Waals surface area (Å²) in [7, 11) is -0.979. The second kappa shape index (κ2) is 5.68. The summed E-state index contributed by atoms with van der Waals surface area (Å²) in [5, 5.41) is 12.8. The van der Waals surface area contributed by atoms with E-state index in [-0.39, 0.29) is 11.4 Å². The molecule has 0 aliphatic rings. The molecule has 0 bridgehead atoms. The molecule has 8 nitrogen and oxygen atoms in total. The molecule has 0 saturated heterocycles. The van der Waals surface area contributed by atoms with Crippen LogP contribution in [0.2, 0.25) is 0 Å². The van der Waals surface area contributed by atoms with E-state index in [0.717, 1.165) is 0 Å². The van der Waals surface area contributed by atoms with E-state index in [0.29, 0.717) is 11.4 Å². The quantitative estimate of drug-likeness (QED) is 0.725. The van der Waals surface area contributed by atoms with Gasteiger partial charge in [0.2, 0.25) is 10.0 Å². The number of sulfonamides is 1. The fourth-order valence-corrected chi connectivity index (χ4v) is 3.14. The molecule has 1 rings (SSSR count). The maximum atomic E-state index is 12.1. The zero-order chi connectivity index (χ0) is 14.8. The van der Waals surface area contributed by atoms with Gasteiger partial charge in [-0.05, 0) is 13.8 Å². The number of aryl methyl sites for hydroxylation is 2. The van der Waals surface area contributed by atoms with Gasteiger partial charge in [-0.3, -0.25) is 4.68 Å². The summed E-state index contributed by atoms with van der Waals surface area (Å²) in [5.74, 6) is -1.23. The van der Waals surface area contributed by atoms with Gasteiger partial charge in [-0.25, -0.2) is 17.9 Å². The molecular formula is C10H17N3O5S. The minimum absolute atomic E-state index is 0.0650. The highest BCUT2D eigenvalue weighted by molar-refractivity contribution is 7.89. The van der Waals surface area contributed by atoms with Crippen LogP contribution in [0.5, 0.6) is 0 Å². The topological polar surface area (TPSA) is 111 Å². The predicted octanol–water partition coefficient (Wildman–Crippen LogP) is -0.585. The fourth-order valence-electron chi connectivity index (χ4n) is 1.67. The van der Waals surface area contributed by atoms with Crippen LogP contribution in [-0.2, 0) is 26.6 Å². The summed E-state index contributed by atoms with van der Waals surface area (Å²) < 4.78 is 32.6. The van der Waals surface area contributed by atoms with Gasteiger partial charge < -0.3 is 9.84 Å². The highest BCUT2D eigenvalue weighted by Gasteiger charge is 2.26. The van der Waals surface area contributed by atoms with Crippen molar-refractivity contribution in [3.8, 4) is 0 Å². The van der Waals surface area contributed by atoms with Gasteiger partial charge in [0.1, 0.15) is 4.90 Å². The molecule has 1 aromatic rings. The molecule has 1 unspecified atom stereocenters. The van der Waals surface area contributed by atoms with Gasteiger partial charge in [-0.15, -0.1) is 0 Å². The largest absolute Gasteiger partial charge is 0.479 e. The van der Waals surface area contributed by atoms with Gasteiger partial charge in [0.05, 0.1) is 11.4 Å². The Morgan fingerprint density at radius 1 is 1.53 bits per heavy atom. The van der Waals surface area contributed by atoms with Crippen molar-refractivity contribution in [3.05, 3.63) is 11.4 Å². The number of methoxy groups -OCH3 is 1. The second-order valence-corrected chi connectivity index (χ2v) is 5.74. The molecule has 0 fully saturated rings. The lowest BCUT2D eigenvalue weighted by Gasteiger charge is -2.12. The lowest BCUT2D eigenvalue weighted by molar-refractivity contribution is -0.147. The first-order valence-corrected chi connectivity index (χ1v) is 6.94. The molecule has 1 heterocycles. The first-order valence-electron chi connectivity index (χ1n) is 5.46. The van der Waals surface area contributed by atoms with E-state index >= 15 is 0 Å². The third-order valence-corrected chi connectivity index (χ3v) is 4.41. The van der Waals surface area contributed by atoms with Crippen LogP contribution >= 0.6 is 0 Å². The summed E-state index contributed by atoms with van der Waals surface area (Å²) in [6, 6.07) is 0. The molecule has 1 atom stereocenters. The molecule has 2 N–H and O–H groups in total. The van der Waals surface area contributed by atoms with Crippen molar-refractivity contribution >= 4 is 16.0 Å². The van der Waals surface area contributed by atoms with Crippen LogP contribution in [-0.4, -0.2) is 49.0 Å². The number of carboxylic acids is 1. The molecule has 0 radical (unpaired) electrons. The molecule has 0 amide bonds. The van der Waals surface area contributed by atoms with Crippen LogP contribution in [0.1, 0.15) is 11.4 Å². The number of carbonyl (C=O) groups is 1. The number of rotatable bonds is 6. The van der Waals surface area contributed by atoms with Gasteiger partial charge >= 0.3 is 5.97 Å². The molecule has 1 aromatic heterocycles. The van der Waals surface area contributed by atoms with Crippen LogP contribution in [0.3, 0.4) is 0 Å². The number of carboxylic acid groups (broad SMARTS) is 1. The molecule has 9 heteroatoms. The average molecular weight is 291 g/mol. The lowest BCUT2D eigenvalue weighted by atomic mass is 10.4. The zero-order valence-electron chi connectivity index (χ0n) is 11.2. The van der Waals surface area contributed by atoms with E-state index in [9.17, 15) is 13.2 Å². The number of nitrogens with one attached hydrogen (secondary N) is 1. The smallest absolute Gasteiger partial charge is 0.334 e. The minimum atomic E-state index is -3.82. The molecule has 108 valence electrons. The number of hydrogen-bond donors (Lipinski definition) is 2. The third-order valence-electron chi connectivity index (χ3n) is 2.73. The van der Waals surface area contributed by atoms with Crippen molar-refractivity contribution in [2.75, 3.05) is 13.7 Å². The van der Waals surface area contributed by atoms with Gasteiger partial charge in [0.25, 0.3) is 0 Å². The zero-order valence-corrected chi connectivity index (χ0v) is 12.0. The Kier molecular flexibility index (Phi) is 4.66. The molecule has 0 aliphatic heterocycles. The van der Waals surface area contributed by atoms with Crippen molar-refractivity contribution in [1.82, 2.24) is 14.5 Å². The minimum Gasteiger partial charge on any atom is -0.479 e. The Bertz CT molecular complexity index is 578. The van der Waals surface area contributed by atoms with Crippen LogP contribution in [0, 0.1) is 13.8 Å². The van der Waals surface area contributed by atoms with E-state index in [1.54, 1.807) is 20.9 Å². The summed E-state index contributed by atoms with van der Waals surface area (Å²) in [6.45, 7) is 2.86. The Labute approximate surface area is 111 Å². The molecule has 0 saturated carbocycles. The first kappa shape index (κ1) is 15.6. The number of nitrogens with zero attached hydrogens (tertiary/aromatic N) is 2. The lowest BCUT2D eigenvalue weighted by Crippen LogP contribution is -2.38. The van der Waals surface area contributed by atoms with Crippen molar-refractivity contribution in [1.29, 1.82) is 0 Å². The van der Waals surface area contributed by atoms with E-state index in [1.165, 1.54) is 11.8 Å². The summed E-state index contributed by atoms with van der Waals surface area (Å²) in [6.07, 6.45) is -1.23. The van der Waals surface area contributed by atoms with Gasteiger partial charge in [0, 0.05) is 20.7 Å². The Morgan fingerprint density at radius 3 is 2.47 bits per heavy atom. The predicted molar refractivity (Wildman–Crippen MR) is 66.3 cm³/mol. The fraction of sp³-hybridized carbons (Fsp3) is 0.600. The number of aromatic nitrogens is 2. The highest BCUT2D eigenvalue weighted by atomic mass is 32.2. The van der Waals surface area contributed by atoms with Crippen molar-refractivity contribution in [2.24, 2.45) is 7.05 Å². The first-order chi connectivity index (χ1) is 8.70. The van der Waals surface area contributed by atoms with E-state index in [1.807, 2.05) is 0 Å². The maximum absolute atomic E-state index is 12.1. The van der Waals surface area contributed by atoms with E-state index in [4.69, 9.17) is 5.11 Å². The Morgan fingerprint density at radius 2 is 2.11 bits per heavy atom. The van der Waals surface area contributed by atoms with Crippen LogP contribution in [0.4, 0.5) is 0 Å². The molecule has 0 aliphatic carbocycles.